The van der Waals surface area contributed by atoms with Crippen LogP contribution in [-0.2, 0) is 11.3 Å². The summed E-state index contributed by atoms with van der Waals surface area (Å²) in [5.41, 5.74) is 2.48. The van der Waals surface area contributed by atoms with Crippen molar-refractivity contribution < 1.29 is 4.79 Å². The molecule has 0 atom stereocenters. The van der Waals surface area contributed by atoms with Crippen molar-refractivity contribution in [2.75, 3.05) is 18.4 Å². The third-order valence-corrected chi connectivity index (χ3v) is 4.32. The van der Waals surface area contributed by atoms with E-state index in [1.54, 1.807) is 0 Å². The number of rotatable bonds is 6. The summed E-state index contributed by atoms with van der Waals surface area (Å²) in [6.45, 7) is 8.31. The van der Waals surface area contributed by atoms with Crippen molar-refractivity contribution in [3.63, 3.8) is 0 Å². The van der Waals surface area contributed by atoms with Gasteiger partial charge in [-0.2, -0.15) is 0 Å². The van der Waals surface area contributed by atoms with Gasteiger partial charge in [-0.1, -0.05) is 37.3 Å². The molecule has 0 fully saturated rings. The van der Waals surface area contributed by atoms with Crippen LogP contribution in [0.15, 0.2) is 29.1 Å². The van der Waals surface area contributed by atoms with E-state index >= 15 is 0 Å². The van der Waals surface area contributed by atoms with Crippen molar-refractivity contribution in [1.29, 1.82) is 0 Å². The van der Waals surface area contributed by atoms with Crippen LogP contribution in [0.5, 0.6) is 0 Å². The number of nitrogens with zero attached hydrogens (tertiary/aromatic N) is 1. The van der Waals surface area contributed by atoms with Gasteiger partial charge in [0.05, 0.1) is 5.69 Å². The Hall–Kier alpha value is -1.92. The number of aromatic nitrogens is 1. The zero-order valence-electron chi connectivity index (χ0n) is 13.1. The zero-order valence-corrected chi connectivity index (χ0v) is 13.9. The average Bonchev–Trinajstić information content (AvgIpc) is 2.85. The molecule has 22 heavy (non-hydrogen) atoms. The van der Waals surface area contributed by atoms with E-state index < -0.39 is 0 Å². The van der Waals surface area contributed by atoms with Crippen molar-refractivity contribution in [3.05, 3.63) is 38.8 Å². The molecule has 2 N–H and O–H groups in total. The second-order valence-electron chi connectivity index (χ2n) is 5.04. The first kappa shape index (κ1) is 16.5. The number of benzene rings is 1. The Morgan fingerprint density at radius 2 is 2.05 bits per heavy atom. The number of carbonyl (C=O) groups excluding carboxylic acids is 1. The van der Waals surface area contributed by atoms with E-state index in [0.29, 0.717) is 0 Å². The second-order valence-corrected chi connectivity index (χ2v) is 6.10. The number of hydrogen-bond acceptors (Lipinski definition) is 4. The number of nitrogens with one attached hydrogen (secondary N) is 2. The molecular weight excluding hydrogens is 298 g/mol. The summed E-state index contributed by atoms with van der Waals surface area (Å²) in [5, 5.41) is 2.77. The van der Waals surface area contributed by atoms with Crippen LogP contribution in [0.2, 0.25) is 0 Å². The predicted molar refractivity (Wildman–Crippen MR) is 91.3 cm³/mol. The molecule has 5 nitrogen and oxygen atoms in total. The lowest BCUT2D eigenvalue weighted by Gasteiger charge is -2.17. The van der Waals surface area contributed by atoms with Crippen LogP contribution in [-0.4, -0.2) is 28.9 Å². The number of thiazole rings is 1. The summed E-state index contributed by atoms with van der Waals surface area (Å²) in [7, 11) is 0. The quantitative estimate of drug-likeness (QED) is 0.860. The Bertz CT molecular complexity index is 701. The topological polar surface area (TPSA) is 65.2 Å². The Morgan fingerprint density at radius 3 is 2.68 bits per heavy atom. The number of anilines is 1. The molecule has 0 radical (unpaired) electrons. The molecule has 0 saturated carbocycles. The lowest BCUT2D eigenvalue weighted by Crippen LogP contribution is -2.21. The van der Waals surface area contributed by atoms with Crippen LogP contribution in [0.4, 0.5) is 5.69 Å². The molecule has 0 aliphatic rings. The van der Waals surface area contributed by atoms with Crippen molar-refractivity contribution in [1.82, 2.24) is 9.88 Å². The van der Waals surface area contributed by atoms with E-state index in [1.807, 2.05) is 24.3 Å². The van der Waals surface area contributed by atoms with Gasteiger partial charge in [-0.25, -0.2) is 0 Å². The number of carbonyl (C=O) groups is 1. The standard InChI is InChI=1S/C16H21N3O2S/c1-4-19(5-2)10-14-15(18-16(21)22-14)12-7-6-8-13(9-12)17-11(3)20/h6-9H,4-5,10H2,1-3H3,(H,17,20)(H,18,21). The van der Waals surface area contributed by atoms with Crippen LogP contribution in [0.1, 0.15) is 25.6 Å². The summed E-state index contributed by atoms with van der Waals surface area (Å²) in [5.74, 6) is -0.112. The molecule has 2 rings (SSSR count). The number of H-pyrrole nitrogens is 1. The number of aromatic amines is 1. The predicted octanol–water partition coefficient (Wildman–Crippen LogP) is 2.90. The summed E-state index contributed by atoms with van der Waals surface area (Å²) >= 11 is 1.25. The zero-order chi connectivity index (χ0) is 16.1. The van der Waals surface area contributed by atoms with Gasteiger partial charge in [-0.3, -0.25) is 14.5 Å². The molecule has 1 aromatic heterocycles. The molecule has 0 aliphatic carbocycles. The van der Waals surface area contributed by atoms with Gasteiger partial charge < -0.3 is 10.3 Å². The third-order valence-electron chi connectivity index (χ3n) is 3.46. The van der Waals surface area contributed by atoms with E-state index in [4.69, 9.17) is 0 Å². The summed E-state index contributed by atoms with van der Waals surface area (Å²) in [6.07, 6.45) is 0. The number of amides is 1. The minimum absolute atomic E-state index is 0.0536. The first-order valence-corrected chi connectivity index (χ1v) is 8.17. The molecule has 1 amide bonds. The van der Waals surface area contributed by atoms with E-state index in [0.717, 1.165) is 41.5 Å². The van der Waals surface area contributed by atoms with E-state index in [2.05, 4.69) is 29.0 Å². The highest BCUT2D eigenvalue weighted by Crippen LogP contribution is 2.26. The Balaban J connectivity index is 2.36. The monoisotopic (exact) mass is 319 g/mol. The number of hydrogen-bond donors (Lipinski definition) is 2. The van der Waals surface area contributed by atoms with Crippen LogP contribution in [0, 0.1) is 0 Å². The minimum atomic E-state index is -0.112. The molecule has 0 saturated heterocycles. The van der Waals surface area contributed by atoms with Crippen molar-refractivity contribution in [3.8, 4) is 11.3 Å². The first-order valence-electron chi connectivity index (χ1n) is 7.35. The Kier molecular flexibility index (Phi) is 5.51. The maximum atomic E-state index is 11.8. The van der Waals surface area contributed by atoms with Gasteiger partial charge in [0.25, 0.3) is 0 Å². The molecule has 0 unspecified atom stereocenters. The largest absolute Gasteiger partial charge is 0.326 e. The average molecular weight is 319 g/mol. The highest BCUT2D eigenvalue weighted by atomic mass is 32.1. The van der Waals surface area contributed by atoms with E-state index in [-0.39, 0.29) is 10.8 Å². The fraction of sp³-hybridized carbons (Fsp3) is 0.375. The Labute approximate surface area is 134 Å². The molecule has 6 heteroatoms. The third kappa shape index (κ3) is 4.05. The highest BCUT2D eigenvalue weighted by molar-refractivity contribution is 7.09. The van der Waals surface area contributed by atoms with Crippen molar-refractivity contribution in [2.24, 2.45) is 0 Å². The second kappa shape index (κ2) is 7.38. The van der Waals surface area contributed by atoms with Crippen molar-refractivity contribution in [2.45, 2.75) is 27.3 Å². The molecule has 0 bridgehead atoms. The van der Waals surface area contributed by atoms with Gasteiger partial charge in [-0.15, -0.1) is 0 Å². The summed E-state index contributed by atoms with van der Waals surface area (Å²) < 4.78 is 0. The van der Waals surface area contributed by atoms with Gasteiger partial charge >= 0.3 is 4.87 Å². The van der Waals surface area contributed by atoms with Gasteiger partial charge in [0.1, 0.15) is 0 Å². The Morgan fingerprint density at radius 1 is 1.32 bits per heavy atom. The normalized spacial score (nSPS) is 10.9. The maximum Gasteiger partial charge on any atom is 0.305 e. The van der Waals surface area contributed by atoms with Crippen LogP contribution in [0.25, 0.3) is 11.3 Å². The molecular formula is C16H21N3O2S. The van der Waals surface area contributed by atoms with Gasteiger partial charge in [0.15, 0.2) is 0 Å². The van der Waals surface area contributed by atoms with Crippen LogP contribution >= 0.6 is 11.3 Å². The van der Waals surface area contributed by atoms with Crippen LogP contribution in [0.3, 0.4) is 0 Å². The maximum absolute atomic E-state index is 11.8. The minimum Gasteiger partial charge on any atom is -0.326 e. The molecule has 0 aliphatic heterocycles. The van der Waals surface area contributed by atoms with Crippen molar-refractivity contribution >= 4 is 22.9 Å². The van der Waals surface area contributed by atoms with Gasteiger partial charge in [-0.05, 0) is 25.2 Å². The molecule has 1 heterocycles. The molecule has 118 valence electrons. The van der Waals surface area contributed by atoms with Crippen LogP contribution < -0.4 is 10.2 Å². The first-order chi connectivity index (χ1) is 10.5. The highest BCUT2D eigenvalue weighted by Gasteiger charge is 2.13. The molecule has 0 spiro atoms. The van der Waals surface area contributed by atoms with E-state index in [9.17, 15) is 9.59 Å². The fourth-order valence-electron chi connectivity index (χ4n) is 2.31. The lowest BCUT2D eigenvalue weighted by molar-refractivity contribution is -0.114. The molecule has 2 aromatic rings. The lowest BCUT2D eigenvalue weighted by atomic mass is 10.1. The summed E-state index contributed by atoms with van der Waals surface area (Å²) in [6, 6.07) is 7.53. The van der Waals surface area contributed by atoms with Gasteiger partial charge in [0.2, 0.25) is 5.91 Å². The summed E-state index contributed by atoms with van der Waals surface area (Å²) in [4.78, 5) is 29.1. The molecule has 1 aromatic carbocycles. The van der Waals surface area contributed by atoms with Gasteiger partial charge in [0, 0.05) is 29.6 Å². The van der Waals surface area contributed by atoms with E-state index in [1.165, 1.54) is 18.3 Å². The fourth-order valence-corrected chi connectivity index (χ4v) is 3.21. The SMILES string of the molecule is CCN(CC)Cc1sc(=O)[nH]c1-c1cccc(NC(C)=O)c1. The smallest absolute Gasteiger partial charge is 0.305 e.